The molecule has 2 saturated heterocycles. The number of anilines is 2. The van der Waals surface area contributed by atoms with Gasteiger partial charge in [-0.05, 0) is 37.3 Å². The number of ether oxygens (including phenoxy) is 2. The molecule has 1 amide bonds. The lowest BCUT2D eigenvalue weighted by molar-refractivity contribution is -0.169. The average molecular weight is 389 g/mol. The number of nitrogens with one attached hydrogen (secondary N) is 1. The standard InChI is InChI=1S/C19H21ClN4O3/c1-13-12-16(17(25)22-15-4-2-14(20)3-5-15)23-18(21-13)24-8-6-19(7-9-24)26-10-11-27-19/h2-5,12H,6-11H2,1H3,(H,22,25). The van der Waals surface area contributed by atoms with Crippen molar-refractivity contribution in [3.63, 3.8) is 0 Å². The SMILES string of the molecule is Cc1cc(C(=O)Nc2ccc(Cl)cc2)nc(N2CCC3(CC2)OCCO3)n1. The fraction of sp³-hybridized carbons (Fsp3) is 0.421. The van der Waals surface area contributed by atoms with E-state index < -0.39 is 5.79 Å². The summed E-state index contributed by atoms with van der Waals surface area (Å²) in [6.07, 6.45) is 1.52. The van der Waals surface area contributed by atoms with Crippen molar-refractivity contribution in [2.75, 3.05) is 36.5 Å². The molecule has 27 heavy (non-hydrogen) atoms. The molecule has 2 aromatic rings. The number of hydrogen-bond donors (Lipinski definition) is 1. The summed E-state index contributed by atoms with van der Waals surface area (Å²) < 4.78 is 11.5. The monoisotopic (exact) mass is 388 g/mol. The molecule has 2 fully saturated rings. The van der Waals surface area contributed by atoms with Gasteiger partial charge in [-0.3, -0.25) is 4.79 Å². The number of aromatic nitrogens is 2. The lowest BCUT2D eigenvalue weighted by atomic mass is 10.0. The Labute approximate surface area is 162 Å². The largest absolute Gasteiger partial charge is 0.347 e. The molecule has 0 atom stereocenters. The van der Waals surface area contributed by atoms with Crippen LogP contribution >= 0.6 is 11.6 Å². The zero-order valence-electron chi connectivity index (χ0n) is 15.1. The first-order valence-electron chi connectivity index (χ1n) is 8.99. The maximum absolute atomic E-state index is 12.6. The molecule has 0 saturated carbocycles. The molecule has 1 spiro atoms. The maximum atomic E-state index is 12.6. The third-order valence-electron chi connectivity index (χ3n) is 4.80. The van der Waals surface area contributed by atoms with Gasteiger partial charge in [0.2, 0.25) is 5.95 Å². The molecule has 8 heteroatoms. The summed E-state index contributed by atoms with van der Waals surface area (Å²) >= 11 is 5.88. The van der Waals surface area contributed by atoms with Gasteiger partial charge in [-0.25, -0.2) is 9.97 Å². The van der Waals surface area contributed by atoms with Gasteiger partial charge in [0.1, 0.15) is 5.69 Å². The van der Waals surface area contributed by atoms with Gasteiger partial charge in [-0.2, -0.15) is 0 Å². The zero-order valence-corrected chi connectivity index (χ0v) is 15.8. The molecule has 7 nitrogen and oxygen atoms in total. The summed E-state index contributed by atoms with van der Waals surface area (Å²) in [5, 5.41) is 3.45. The van der Waals surface area contributed by atoms with Gasteiger partial charge in [0.15, 0.2) is 5.79 Å². The molecule has 0 aliphatic carbocycles. The van der Waals surface area contributed by atoms with E-state index in [4.69, 9.17) is 21.1 Å². The van der Waals surface area contributed by atoms with Crippen molar-refractivity contribution in [2.45, 2.75) is 25.6 Å². The summed E-state index contributed by atoms with van der Waals surface area (Å²) in [4.78, 5) is 23.7. The molecule has 2 aliphatic heterocycles. The zero-order chi connectivity index (χ0) is 18.9. The molecule has 0 bridgehead atoms. The molecular formula is C19H21ClN4O3. The van der Waals surface area contributed by atoms with Crippen molar-refractivity contribution in [1.29, 1.82) is 0 Å². The van der Waals surface area contributed by atoms with Crippen LogP contribution in [0.15, 0.2) is 30.3 Å². The van der Waals surface area contributed by atoms with Crippen molar-refractivity contribution in [3.8, 4) is 0 Å². The Hall–Kier alpha value is -2.22. The smallest absolute Gasteiger partial charge is 0.274 e. The fourth-order valence-corrected chi connectivity index (χ4v) is 3.50. The number of nitrogens with zero attached hydrogens (tertiary/aromatic N) is 3. The first-order chi connectivity index (χ1) is 13.0. The molecule has 0 unspecified atom stereocenters. The van der Waals surface area contributed by atoms with E-state index in [1.165, 1.54) is 0 Å². The number of hydrogen-bond acceptors (Lipinski definition) is 6. The Morgan fingerprint density at radius 3 is 2.48 bits per heavy atom. The summed E-state index contributed by atoms with van der Waals surface area (Å²) in [5.74, 6) is -0.168. The summed E-state index contributed by atoms with van der Waals surface area (Å²) in [5.41, 5.74) is 1.74. The number of piperidine rings is 1. The summed E-state index contributed by atoms with van der Waals surface area (Å²) in [6, 6.07) is 8.64. The number of amides is 1. The summed E-state index contributed by atoms with van der Waals surface area (Å²) in [7, 11) is 0. The average Bonchev–Trinajstić information content (AvgIpc) is 3.11. The normalized spacial score (nSPS) is 18.7. The molecule has 3 heterocycles. The van der Waals surface area contributed by atoms with Gasteiger partial charge in [0.05, 0.1) is 13.2 Å². The van der Waals surface area contributed by atoms with Crippen LogP contribution in [0.25, 0.3) is 0 Å². The Kier molecular flexibility index (Phi) is 4.99. The van der Waals surface area contributed by atoms with Crippen molar-refractivity contribution >= 4 is 29.1 Å². The number of halogens is 1. The molecule has 4 rings (SSSR count). The molecule has 0 radical (unpaired) electrons. The highest BCUT2D eigenvalue weighted by Gasteiger charge is 2.40. The van der Waals surface area contributed by atoms with E-state index >= 15 is 0 Å². The van der Waals surface area contributed by atoms with E-state index in [1.54, 1.807) is 30.3 Å². The maximum Gasteiger partial charge on any atom is 0.274 e. The highest BCUT2D eigenvalue weighted by molar-refractivity contribution is 6.30. The minimum Gasteiger partial charge on any atom is -0.347 e. The topological polar surface area (TPSA) is 76.6 Å². The van der Waals surface area contributed by atoms with E-state index in [2.05, 4.69) is 20.2 Å². The van der Waals surface area contributed by atoms with E-state index in [0.29, 0.717) is 35.6 Å². The van der Waals surface area contributed by atoms with Crippen molar-refractivity contribution < 1.29 is 14.3 Å². The van der Waals surface area contributed by atoms with Crippen LogP contribution in [-0.2, 0) is 9.47 Å². The van der Waals surface area contributed by atoms with Crippen LogP contribution < -0.4 is 10.2 Å². The first kappa shape index (κ1) is 18.2. The van der Waals surface area contributed by atoms with E-state index in [1.807, 2.05) is 6.92 Å². The second kappa shape index (κ2) is 7.42. The Morgan fingerprint density at radius 1 is 1.15 bits per heavy atom. The highest BCUT2D eigenvalue weighted by Crippen LogP contribution is 2.32. The van der Waals surface area contributed by atoms with Crippen LogP contribution in [0.3, 0.4) is 0 Å². The molecule has 1 aromatic heterocycles. The minimum atomic E-state index is -0.449. The summed E-state index contributed by atoms with van der Waals surface area (Å²) in [6.45, 7) is 4.61. The number of rotatable bonds is 3. The minimum absolute atomic E-state index is 0.278. The number of benzene rings is 1. The molecule has 142 valence electrons. The van der Waals surface area contributed by atoms with Crippen LogP contribution in [0.5, 0.6) is 0 Å². The first-order valence-corrected chi connectivity index (χ1v) is 9.36. The number of carbonyl (C=O) groups is 1. The predicted molar refractivity (Wildman–Crippen MR) is 102 cm³/mol. The third kappa shape index (κ3) is 4.05. The van der Waals surface area contributed by atoms with Gasteiger partial charge in [-0.1, -0.05) is 11.6 Å². The van der Waals surface area contributed by atoms with Crippen molar-refractivity contribution in [1.82, 2.24) is 9.97 Å². The van der Waals surface area contributed by atoms with Crippen LogP contribution in [0.4, 0.5) is 11.6 Å². The Bertz CT molecular complexity index is 827. The quantitative estimate of drug-likeness (QED) is 0.870. The Morgan fingerprint density at radius 2 is 1.81 bits per heavy atom. The number of aryl methyl sites for hydroxylation is 1. The lowest BCUT2D eigenvalue weighted by Gasteiger charge is -2.37. The molecule has 1 aromatic carbocycles. The van der Waals surface area contributed by atoms with Gasteiger partial charge in [0.25, 0.3) is 5.91 Å². The lowest BCUT2D eigenvalue weighted by Crippen LogP contribution is -2.45. The fourth-order valence-electron chi connectivity index (χ4n) is 3.37. The Balaban J connectivity index is 1.48. The van der Waals surface area contributed by atoms with Crippen LogP contribution in [-0.4, -0.2) is 48.0 Å². The van der Waals surface area contributed by atoms with Gasteiger partial charge >= 0.3 is 0 Å². The van der Waals surface area contributed by atoms with Gasteiger partial charge in [0, 0.05) is 42.3 Å². The molecule has 2 aliphatic rings. The van der Waals surface area contributed by atoms with E-state index in [0.717, 1.165) is 31.6 Å². The van der Waals surface area contributed by atoms with E-state index in [9.17, 15) is 4.79 Å². The van der Waals surface area contributed by atoms with Crippen molar-refractivity contribution in [3.05, 3.63) is 46.7 Å². The molecular weight excluding hydrogens is 368 g/mol. The highest BCUT2D eigenvalue weighted by atomic mass is 35.5. The van der Waals surface area contributed by atoms with Crippen LogP contribution in [0.2, 0.25) is 5.02 Å². The second-order valence-corrected chi connectivity index (χ2v) is 7.19. The van der Waals surface area contributed by atoms with Crippen LogP contribution in [0, 0.1) is 6.92 Å². The van der Waals surface area contributed by atoms with Gasteiger partial charge < -0.3 is 19.7 Å². The van der Waals surface area contributed by atoms with E-state index in [-0.39, 0.29) is 5.91 Å². The number of carbonyl (C=O) groups excluding carboxylic acids is 1. The molecule has 1 N–H and O–H groups in total. The third-order valence-corrected chi connectivity index (χ3v) is 5.05. The predicted octanol–water partition coefficient (Wildman–Crippen LogP) is 3.03. The van der Waals surface area contributed by atoms with Crippen LogP contribution in [0.1, 0.15) is 29.0 Å². The second-order valence-electron chi connectivity index (χ2n) is 6.75. The van der Waals surface area contributed by atoms with Gasteiger partial charge in [-0.15, -0.1) is 0 Å². The van der Waals surface area contributed by atoms with Crippen molar-refractivity contribution in [2.24, 2.45) is 0 Å².